The third kappa shape index (κ3) is 4.45. The smallest absolute Gasteiger partial charge is 0.337 e. The first-order valence-corrected chi connectivity index (χ1v) is 9.91. The molecule has 160 valence electrons. The molecule has 0 atom stereocenters. The number of nitrogens with zero attached hydrogens (tertiary/aromatic N) is 2. The summed E-state index contributed by atoms with van der Waals surface area (Å²) in [6.07, 6.45) is 0. The van der Waals surface area contributed by atoms with Crippen LogP contribution in [0.25, 0.3) is 10.9 Å². The maximum Gasteiger partial charge on any atom is 0.337 e. The van der Waals surface area contributed by atoms with Crippen LogP contribution in [0.5, 0.6) is 5.88 Å². The van der Waals surface area contributed by atoms with E-state index in [1.807, 2.05) is 12.1 Å². The average molecular weight is 449 g/mol. The molecule has 1 heterocycles. The van der Waals surface area contributed by atoms with Gasteiger partial charge in [-0.3, -0.25) is 4.79 Å². The van der Waals surface area contributed by atoms with Gasteiger partial charge in [-0.15, -0.1) is 10.2 Å². The van der Waals surface area contributed by atoms with Crippen molar-refractivity contribution >= 4 is 45.8 Å². The lowest BCUT2D eigenvalue weighted by Crippen LogP contribution is -2.22. The average Bonchev–Trinajstić information content (AvgIpc) is 3.11. The maximum atomic E-state index is 12.6. The van der Waals surface area contributed by atoms with E-state index in [9.17, 15) is 19.8 Å². The number of aromatic hydroxyl groups is 1. The summed E-state index contributed by atoms with van der Waals surface area (Å²) in [5, 5.41) is 31.5. The number of aromatic nitrogens is 1. The van der Waals surface area contributed by atoms with Crippen molar-refractivity contribution in [2.75, 3.05) is 0 Å². The summed E-state index contributed by atoms with van der Waals surface area (Å²) in [6.45, 7) is 0.324. The van der Waals surface area contributed by atoms with E-state index in [-0.39, 0.29) is 28.7 Å². The Morgan fingerprint density at radius 2 is 1.75 bits per heavy atom. The fourth-order valence-corrected chi connectivity index (χ4v) is 3.26. The molecular weight excluding hydrogens is 432 g/mol. The SMILES string of the molecule is O=C(NCc1ccc(Cl)cc1)c1ccc2[nH]c(O)c(N=Nc3ccccc3C(=O)O)c2c1. The van der Waals surface area contributed by atoms with Gasteiger partial charge in [-0.2, -0.15) is 0 Å². The van der Waals surface area contributed by atoms with Crippen LogP contribution in [0, 0.1) is 0 Å². The minimum absolute atomic E-state index is 0.0159. The van der Waals surface area contributed by atoms with E-state index < -0.39 is 5.97 Å². The molecule has 4 aromatic rings. The fraction of sp³-hybridized carbons (Fsp3) is 0.0435. The van der Waals surface area contributed by atoms with Gasteiger partial charge in [0.05, 0.1) is 11.1 Å². The number of carbonyl (C=O) groups is 2. The van der Waals surface area contributed by atoms with Crippen molar-refractivity contribution in [3.05, 3.63) is 88.4 Å². The van der Waals surface area contributed by atoms with Crippen LogP contribution in [0.4, 0.5) is 11.4 Å². The molecule has 1 aromatic heterocycles. The van der Waals surface area contributed by atoms with Crippen LogP contribution >= 0.6 is 11.6 Å². The first kappa shape index (κ1) is 21.1. The molecule has 0 radical (unpaired) electrons. The highest BCUT2D eigenvalue weighted by Crippen LogP contribution is 2.37. The summed E-state index contributed by atoms with van der Waals surface area (Å²) < 4.78 is 0. The molecule has 0 saturated carbocycles. The predicted octanol–water partition coefficient (Wildman–Crippen LogP) is 5.57. The van der Waals surface area contributed by atoms with Gasteiger partial charge in [-0.1, -0.05) is 35.9 Å². The van der Waals surface area contributed by atoms with E-state index in [4.69, 9.17) is 11.6 Å². The van der Waals surface area contributed by atoms with Gasteiger partial charge in [0.1, 0.15) is 5.69 Å². The molecule has 0 bridgehead atoms. The number of benzene rings is 3. The lowest BCUT2D eigenvalue weighted by Gasteiger charge is -2.06. The molecule has 0 aliphatic rings. The second-order valence-corrected chi connectivity index (χ2v) is 7.35. The Balaban J connectivity index is 1.60. The summed E-state index contributed by atoms with van der Waals surface area (Å²) in [6, 6.07) is 18.1. The molecule has 0 spiro atoms. The minimum atomic E-state index is -1.14. The zero-order chi connectivity index (χ0) is 22.7. The predicted molar refractivity (Wildman–Crippen MR) is 120 cm³/mol. The summed E-state index contributed by atoms with van der Waals surface area (Å²) >= 11 is 5.88. The molecule has 0 saturated heterocycles. The van der Waals surface area contributed by atoms with E-state index in [2.05, 4.69) is 20.5 Å². The van der Waals surface area contributed by atoms with E-state index in [0.717, 1.165) is 5.56 Å². The number of carboxylic acid groups (broad SMARTS) is 1. The Morgan fingerprint density at radius 1 is 1.00 bits per heavy atom. The molecular formula is C23H17ClN4O4. The van der Waals surface area contributed by atoms with Crippen molar-refractivity contribution < 1.29 is 19.8 Å². The minimum Gasteiger partial charge on any atom is -0.493 e. The van der Waals surface area contributed by atoms with Crippen LogP contribution in [-0.2, 0) is 6.54 Å². The number of rotatable bonds is 6. The van der Waals surface area contributed by atoms with E-state index in [1.54, 1.807) is 42.5 Å². The van der Waals surface area contributed by atoms with Gasteiger partial charge >= 0.3 is 5.97 Å². The second kappa shape index (κ2) is 8.91. The van der Waals surface area contributed by atoms with Gasteiger partial charge in [0.25, 0.3) is 5.91 Å². The van der Waals surface area contributed by atoms with Gasteiger partial charge in [-0.05, 0) is 48.0 Å². The quantitative estimate of drug-likeness (QED) is 0.287. The Labute approximate surface area is 187 Å². The molecule has 0 aliphatic heterocycles. The standard InChI is InChI=1S/C23H17ClN4O4/c24-15-8-5-13(6-9-15)12-25-21(29)14-7-10-18-17(11-14)20(22(30)26-18)28-27-19-4-2-1-3-16(19)23(31)32/h1-11,26,30H,12H2,(H,25,29)(H,31,32). The number of hydrogen-bond donors (Lipinski definition) is 4. The van der Waals surface area contributed by atoms with E-state index >= 15 is 0 Å². The summed E-state index contributed by atoms with van der Waals surface area (Å²) in [5.74, 6) is -1.68. The molecule has 4 rings (SSSR count). The molecule has 8 nitrogen and oxygen atoms in total. The van der Waals surface area contributed by atoms with Crippen molar-refractivity contribution in [1.82, 2.24) is 10.3 Å². The number of nitrogens with one attached hydrogen (secondary N) is 2. The molecule has 4 N–H and O–H groups in total. The number of hydrogen-bond acceptors (Lipinski definition) is 5. The Kier molecular flexibility index (Phi) is 5.87. The molecule has 0 unspecified atom stereocenters. The van der Waals surface area contributed by atoms with Gasteiger partial charge in [-0.25, -0.2) is 4.79 Å². The molecule has 32 heavy (non-hydrogen) atoms. The lowest BCUT2D eigenvalue weighted by atomic mass is 10.1. The second-order valence-electron chi connectivity index (χ2n) is 6.91. The third-order valence-electron chi connectivity index (χ3n) is 4.77. The van der Waals surface area contributed by atoms with Gasteiger partial charge in [0, 0.05) is 22.5 Å². The number of amides is 1. The Bertz CT molecular complexity index is 1350. The Morgan fingerprint density at radius 3 is 2.50 bits per heavy atom. The number of azo groups is 1. The highest BCUT2D eigenvalue weighted by Gasteiger charge is 2.15. The zero-order valence-electron chi connectivity index (χ0n) is 16.5. The van der Waals surface area contributed by atoms with E-state index in [1.165, 1.54) is 12.1 Å². The normalized spacial score (nSPS) is 11.2. The van der Waals surface area contributed by atoms with Gasteiger partial charge in [0.15, 0.2) is 5.69 Å². The molecule has 9 heteroatoms. The van der Waals surface area contributed by atoms with Crippen LogP contribution in [0.2, 0.25) is 5.02 Å². The highest BCUT2D eigenvalue weighted by atomic mass is 35.5. The van der Waals surface area contributed by atoms with Gasteiger partial charge in [0.2, 0.25) is 5.88 Å². The number of aromatic amines is 1. The van der Waals surface area contributed by atoms with Crippen LogP contribution in [0.15, 0.2) is 77.0 Å². The van der Waals surface area contributed by atoms with Gasteiger partial charge < -0.3 is 20.5 Å². The zero-order valence-corrected chi connectivity index (χ0v) is 17.3. The number of halogens is 1. The monoisotopic (exact) mass is 448 g/mol. The largest absolute Gasteiger partial charge is 0.493 e. The van der Waals surface area contributed by atoms with Crippen LogP contribution in [0.1, 0.15) is 26.3 Å². The lowest BCUT2D eigenvalue weighted by molar-refractivity contribution is 0.0697. The van der Waals surface area contributed by atoms with Crippen molar-refractivity contribution in [2.45, 2.75) is 6.54 Å². The van der Waals surface area contributed by atoms with Crippen molar-refractivity contribution in [3.8, 4) is 5.88 Å². The molecule has 0 aliphatic carbocycles. The van der Waals surface area contributed by atoms with E-state index in [0.29, 0.717) is 28.0 Å². The van der Waals surface area contributed by atoms with Crippen LogP contribution in [0.3, 0.4) is 0 Å². The van der Waals surface area contributed by atoms with Crippen molar-refractivity contribution in [3.63, 3.8) is 0 Å². The third-order valence-corrected chi connectivity index (χ3v) is 5.02. The Hall–Kier alpha value is -4.17. The first-order valence-electron chi connectivity index (χ1n) is 9.54. The number of H-pyrrole nitrogens is 1. The number of carbonyl (C=O) groups excluding carboxylic acids is 1. The number of aromatic carboxylic acids is 1. The van der Waals surface area contributed by atoms with Crippen LogP contribution < -0.4 is 5.32 Å². The number of carboxylic acids is 1. The highest BCUT2D eigenvalue weighted by molar-refractivity contribution is 6.30. The summed E-state index contributed by atoms with van der Waals surface area (Å²) in [7, 11) is 0. The molecule has 1 amide bonds. The fourth-order valence-electron chi connectivity index (χ4n) is 3.14. The first-order chi connectivity index (χ1) is 15.4. The topological polar surface area (TPSA) is 127 Å². The van der Waals surface area contributed by atoms with Crippen LogP contribution in [-0.4, -0.2) is 27.1 Å². The summed E-state index contributed by atoms with van der Waals surface area (Å²) in [4.78, 5) is 26.7. The maximum absolute atomic E-state index is 12.6. The number of fused-ring (bicyclic) bond motifs is 1. The van der Waals surface area contributed by atoms with Crippen molar-refractivity contribution in [2.24, 2.45) is 10.2 Å². The molecule has 0 fully saturated rings. The summed E-state index contributed by atoms with van der Waals surface area (Å²) in [5.41, 5.74) is 2.05. The molecule has 3 aromatic carbocycles. The van der Waals surface area contributed by atoms with Crippen molar-refractivity contribution in [1.29, 1.82) is 0 Å².